The van der Waals surface area contributed by atoms with E-state index in [1.54, 1.807) is 0 Å². The van der Waals surface area contributed by atoms with Crippen molar-refractivity contribution in [3.8, 4) is 0 Å². The molecule has 0 bridgehead atoms. The van der Waals surface area contributed by atoms with Gasteiger partial charge in [0, 0.05) is 6.42 Å². The molecule has 0 heterocycles. The van der Waals surface area contributed by atoms with Gasteiger partial charge >= 0.3 is 14.6 Å². The molecule has 0 saturated heterocycles. The summed E-state index contributed by atoms with van der Waals surface area (Å²) in [6.45, 7) is 2.23. The fraction of sp³-hybridized carbons (Fsp3) is 0.722. The SMILES string of the molecule is CCCCC/C=C\C/C=C\CCCCCCCC(=O)OP(O)O. The summed E-state index contributed by atoms with van der Waals surface area (Å²) in [5.41, 5.74) is 0. The van der Waals surface area contributed by atoms with Gasteiger partial charge < -0.3 is 14.3 Å². The van der Waals surface area contributed by atoms with Gasteiger partial charge in [-0.3, -0.25) is 4.79 Å². The van der Waals surface area contributed by atoms with Crippen LogP contribution in [-0.4, -0.2) is 15.8 Å². The summed E-state index contributed by atoms with van der Waals surface area (Å²) in [7, 11) is -2.55. The molecular formula is C18H33O4P. The van der Waals surface area contributed by atoms with E-state index in [9.17, 15) is 4.79 Å². The topological polar surface area (TPSA) is 66.8 Å². The van der Waals surface area contributed by atoms with Crippen LogP contribution in [-0.2, 0) is 9.32 Å². The Labute approximate surface area is 142 Å². The molecule has 0 aliphatic heterocycles. The Balaban J connectivity index is 3.26. The molecule has 0 fully saturated rings. The van der Waals surface area contributed by atoms with Crippen LogP contribution in [0, 0.1) is 0 Å². The average Bonchev–Trinajstić information content (AvgIpc) is 2.50. The van der Waals surface area contributed by atoms with Crippen LogP contribution in [0.1, 0.15) is 84.0 Å². The van der Waals surface area contributed by atoms with E-state index in [1.165, 1.54) is 38.5 Å². The van der Waals surface area contributed by atoms with E-state index in [0.29, 0.717) is 0 Å². The first-order valence-electron chi connectivity index (χ1n) is 8.85. The van der Waals surface area contributed by atoms with Crippen molar-refractivity contribution >= 4 is 14.6 Å². The first-order valence-corrected chi connectivity index (χ1v) is 10.0. The molecule has 5 heteroatoms. The number of carbonyl (C=O) groups excluding carboxylic acids is 1. The molecule has 0 rings (SSSR count). The molecule has 4 nitrogen and oxygen atoms in total. The predicted molar refractivity (Wildman–Crippen MR) is 96.8 cm³/mol. The molecule has 2 N–H and O–H groups in total. The van der Waals surface area contributed by atoms with Crippen LogP contribution in [0.4, 0.5) is 0 Å². The molecule has 0 aliphatic rings. The molecule has 0 amide bonds. The molecule has 0 saturated carbocycles. The monoisotopic (exact) mass is 344 g/mol. The second-order valence-electron chi connectivity index (χ2n) is 5.70. The highest BCUT2D eigenvalue weighted by molar-refractivity contribution is 7.40. The quantitative estimate of drug-likeness (QED) is 0.232. The van der Waals surface area contributed by atoms with Gasteiger partial charge in [-0.25, -0.2) is 0 Å². The summed E-state index contributed by atoms with van der Waals surface area (Å²) in [6, 6.07) is 0. The second-order valence-corrected chi connectivity index (χ2v) is 6.38. The van der Waals surface area contributed by atoms with Gasteiger partial charge in [0.2, 0.25) is 0 Å². The van der Waals surface area contributed by atoms with E-state index in [2.05, 4.69) is 35.8 Å². The Morgan fingerprint density at radius 3 is 2.04 bits per heavy atom. The van der Waals surface area contributed by atoms with Crippen molar-refractivity contribution in [2.45, 2.75) is 84.0 Å². The number of hydrogen-bond acceptors (Lipinski definition) is 4. The number of hydrogen-bond donors (Lipinski definition) is 2. The summed E-state index contributed by atoms with van der Waals surface area (Å²) >= 11 is 0. The Morgan fingerprint density at radius 2 is 1.43 bits per heavy atom. The Hall–Kier alpha value is -0.700. The van der Waals surface area contributed by atoms with Crippen LogP contribution in [0.5, 0.6) is 0 Å². The van der Waals surface area contributed by atoms with Crippen molar-refractivity contribution < 1.29 is 19.1 Å². The maximum absolute atomic E-state index is 11.0. The molecule has 0 aliphatic carbocycles. The van der Waals surface area contributed by atoms with Gasteiger partial charge in [0.15, 0.2) is 0 Å². The summed E-state index contributed by atoms with van der Waals surface area (Å²) in [6.07, 6.45) is 21.7. The summed E-state index contributed by atoms with van der Waals surface area (Å²) < 4.78 is 4.29. The summed E-state index contributed by atoms with van der Waals surface area (Å²) in [5.74, 6) is -0.521. The number of allylic oxidation sites excluding steroid dienone is 4. The zero-order valence-electron chi connectivity index (χ0n) is 14.5. The lowest BCUT2D eigenvalue weighted by Crippen LogP contribution is -1.99. The maximum Gasteiger partial charge on any atom is 0.393 e. The first kappa shape index (κ1) is 22.3. The second kappa shape index (κ2) is 17.7. The third kappa shape index (κ3) is 19.3. The van der Waals surface area contributed by atoms with Crippen LogP contribution >= 0.6 is 8.60 Å². The molecular weight excluding hydrogens is 311 g/mol. The lowest BCUT2D eigenvalue weighted by molar-refractivity contribution is -0.134. The number of carbonyl (C=O) groups is 1. The molecule has 0 aromatic carbocycles. The first-order chi connectivity index (χ1) is 11.2. The maximum atomic E-state index is 11.0. The minimum Gasteiger partial charge on any atom is -0.394 e. The standard InChI is InChI=1S/C18H33O4P/c1-2-3-4-5-6-7-8-9-10-11-12-13-14-15-16-17-18(19)22-23(20)21/h6-7,9-10,20-21H,2-5,8,11-17H2,1H3/b7-6-,10-9-. The molecule has 0 spiro atoms. The van der Waals surface area contributed by atoms with Gasteiger partial charge in [0.1, 0.15) is 0 Å². The molecule has 0 unspecified atom stereocenters. The van der Waals surface area contributed by atoms with Crippen molar-refractivity contribution in [3.05, 3.63) is 24.3 Å². The van der Waals surface area contributed by atoms with Crippen molar-refractivity contribution in [1.29, 1.82) is 0 Å². The summed E-state index contributed by atoms with van der Waals surface area (Å²) in [5, 5.41) is 0. The average molecular weight is 344 g/mol. The highest BCUT2D eigenvalue weighted by Gasteiger charge is 2.08. The zero-order chi connectivity index (χ0) is 17.2. The van der Waals surface area contributed by atoms with Crippen molar-refractivity contribution in [3.63, 3.8) is 0 Å². The molecule has 0 atom stereocenters. The van der Waals surface area contributed by atoms with Gasteiger partial charge in [-0.2, -0.15) is 0 Å². The van der Waals surface area contributed by atoms with Crippen molar-refractivity contribution in [1.82, 2.24) is 0 Å². The normalized spacial score (nSPS) is 11.8. The molecule has 134 valence electrons. The van der Waals surface area contributed by atoms with Gasteiger partial charge in [-0.15, -0.1) is 0 Å². The minimum absolute atomic E-state index is 0.268. The third-order valence-corrected chi connectivity index (χ3v) is 3.88. The smallest absolute Gasteiger partial charge is 0.393 e. The molecule has 0 radical (unpaired) electrons. The van der Waals surface area contributed by atoms with Gasteiger partial charge in [-0.1, -0.05) is 63.3 Å². The van der Waals surface area contributed by atoms with E-state index < -0.39 is 14.6 Å². The molecule has 0 aromatic heterocycles. The van der Waals surface area contributed by atoms with E-state index in [0.717, 1.165) is 32.1 Å². The highest BCUT2D eigenvalue weighted by atomic mass is 31.2. The molecule has 23 heavy (non-hydrogen) atoms. The van der Waals surface area contributed by atoms with Crippen LogP contribution in [0.2, 0.25) is 0 Å². The van der Waals surface area contributed by atoms with E-state index in [4.69, 9.17) is 9.79 Å². The largest absolute Gasteiger partial charge is 0.394 e. The van der Waals surface area contributed by atoms with Crippen LogP contribution in [0.25, 0.3) is 0 Å². The Morgan fingerprint density at radius 1 is 0.870 bits per heavy atom. The summed E-state index contributed by atoms with van der Waals surface area (Å²) in [4.78, 5) is 28.1. The third-order valence-electron chi connectivity index (χ3n) is 3.52. The van der Waals surface area contributed by atoms with Crippen molar-refractivity contribution in [2.24, 2.45) is 0 Å². The van der Waals surface area contributed by atoms with E-state index >= 15 is 0 Å². The predicted octanol–water partition coefficient (Wildman–Crippen LogP) is 5.55. The zero-order valence-corrected chi connectivity index (χ0v) is 15.3. The van der Waals surface area contributed by atoms with Gasteiger partial charge in [-0.05, 0) is 38.5 Å². The highest BCUT2D eigenvalue weighted by Crippen LogP contribution is 2.25. The lowest BCUT2D eigenvalue weighted by atomic mass is 10.1. The van der Waals surface area contributed by atoms with Crippen LogP contribution in [0.3, 0.4) is 0 Å². The Bertz CT molecular complexity index is 327. The van der Waals surface area contributed by atoms with Gasteiger partial charge in [0.25, 0.3) is 0 Å². The minimum atomic E-state index is -2.55. The van der Waals surface area contributed by atoms with Crippen LogP contribution < -0.4 is 0 Å². The van der Waals surface area contributed by atoms with Crippen LogP contribution in [0.15, 0.2) is 24.3 Å². The number of unbranched alkanes of at least 4 members (excludes halogenated alkanes) is 8. The van der Waals surface area contributed by atoms with E-state index in [-0.39, 0.29) is 6.42 Å². The van der Waals surface area contributed by atoms with Gasteiger partial charge in [0.05, 0.1) is 0 Å². The van der Waals surface area contributed by atoms with E-state index in [1.807, 2.05) is 0 Å². The fourth-order valence-corrected chi connectivity index (χ4v) is 2.49. The number of rotatable bonds is 15. The Kier molecular flexibility index (Phi) is 17.1. The fourth-order valence-electron chi connectivity index (χ4n) is 2.22. The lowest BCUT2D eigenvalue weighted by Gasteiger charge is -2.03. The van der Waals surface area contributed by atoms with Crippen molar-refractivity contribution in [2.75, 3.05) is 0 Å². The molecule has 0 aromatic rings.